The Bertz CT molecular complexity index is 758. The number of hydrogen-bond acceptors (Lipinski definition) is 3. The molecule has 4 nitrogen and oxygen atoms in total. The van der Waals surface area contributed by atoms with Gasteiger partial charge in [0, 0.05) is 30.0 Å². The Balaban J connectivity index is 2.04. The third kappa shape index (κ3) is 2.81. The van der Waals surface area contributed by atoms with E-state index in [1.807, 2.05) is 31.5 Å². The molecule has 0 spiro atoms. The molecule has 2 N–H and O–H groups in total. The lowest BCUT2D eigenvalue weighted by Crippen LogP contribution is -2.17. The van der Waals surface area contributed by atoms with Crippen molar-refractivity contribution in [2.75, 3.05) is 0 Å². The van der Waals surface area contributed by atoms with Crippen LogP contribution in [0.15, 0.2) is 42.9 Å². The van der Waals surface area contributed by atoms with Crippen molar-refractivity contribution in [3.05, 3.63) is 59.7 Å². The smallest absolute Gasteiger partial charge is 0.140 e. The van der Waals surface area contributed by atoms with Crippen molar-refractivity contribution < 1.29 is 0 Å². The van der Waals surface area contributed by atoms with E-state index in [9.17, 15) is 0 Å². The van der Waals surface area contributed by atoms with Crippen LogP contribution >= 0.6 is 0 Å². The van der Waals surface area contributed by atoms with Gasteiger partial charge in [0.2, 0.25) is 0 Å². The van der Waals surface area contributed by atoms with Crippen molar-refractivity contribution >= 4 is 11.0 Å². The van der Waals surface area contributed by atoms with Gasteiger partial charge in [0.05, 0.1) is 12.2 Å². The summed E-state index contributed by atoms with van der Waals surface area (Å²) in [4.78, 5) is 9.01. The standard InChI is InChI=1S/C17H20N4/c1-12-5-3-7-19-16(12)11-21-10-14(9-13(2)18)15-6-4-8-20-17(15)21/h3-8,10,13H,9,11,18H2,1-2H3. The summed E-state index contributed by atoms with van der Waals surface area (Å²) < 4.78 is 2.17. The molecule has 3 aromatic rings. The molecule has 0 aliphatic rings. The van der Waals surface area contributed by atoms with E-state index in [4.69, 9.17) is 5.73 Å². The molecule has 3 aromatic heterocycles. The summed E-state index contributed by atoms with van der Waals surface area (Å²) in [5.41, 5.74) is 10.5. The van der Waals surface area contributed by atoms with Crippen molar-refractivity contribution in [1.29, 1.82) is 0 Å². The monoisotopic (exact) mass is 280 g/mol. The van der Waals surface area contributed by atoms with E-state index in [-0.39, 0.29) is 6.04 Å². The van der Waals surface area contributed by atoms with E-state index in [1.165, 1.54) is 16.5 Å². The summed E-state index contributed by atoms with van der Waals surface area (Å²) in [6.07, 6.45) is 6.69. The van der Waals surface area contributed by atoms with Gasteiger partial charge in [0.25, 0.3) is 0 Å². The minimum Gasteiger partial charge on any atom is -0.328 e. The van der Waals surface area contributed by atoms with E-state index in [1.54, 1.807) is 0 Å². The zero-order valence-corrected chi connectivity index (χ0v) is 12.5. The zero-order valence-electron chi connectivity index (χ0n) is 12.5. The van der Waals surface area contributed by atoms with Crippen molar-refractivity contribution in [2.24, 2.45) is 5.73 Å². The Morgan fingerprint density at radius 3 is 2.71 bits per heavy atom. The molecule has 0 aliphatic heterocycles. The van der Waals surface area contributed by atoms with Crippen LogP contribution in [0.1, 0.15) is 23.7 Å². The number of nitrogens with zero attached hydrogens (tertiary/aromatic N) is 3. The highest BCUT2D eigenvalue weighted by Gasteiger charge is 2.12. The predicted molar refractivity (Wildman–Crippen MR) is 85.2 cm³/mol. The van der Waals surface area contributed by atoms with Crippen molar-refractivity contribution in [2.45, 2.75) is 32.9 Å². The molecule has 0 aliphatic carbocycles. The van der Waals surface area contributed by atoms with Gasteiger partial charge in [-0.25, -0.2) is 4.98 Å². The minimum atomic E-state index is 0.140. The summed E-state index contributed by atoms with van der Waals surface area (Å²) in [5, 5.41) is 1.18. The van der Waals surface area contributed by atoms with Crippen LogP contribution in [0.25, 0.3) is 11.0 Å². The second-order valence-corrected chi connectivity index (χ2v) is 5.61. The molecule has 108 valence electrons. The summed E-state index contributed by atoms with van der Waals surface area (Å²) in [5.74, 6) is 0. The molecule has 0 fully saturated rings. The van der Waals surface area contributed by atoms with Gasteiger partial charge in [-0.05, 0) is 49.6 Å². The van der Waals surface area contributed by atoms with Gasteiger partial charge in [-0.3, -0.25) is 4.98 Å². The number of aromatic nitrogens is 3. The van der Waals surface area contributed by atoms with Crippen molar-refractivity contribution in [3.8, 4) is 0 Å². The average molecular weight is 280 g/mol. The third-order valence-corrected chi connectivity index (χ3v) is 3.70. The van der Waals surface area contributed by atoms with E-state index < -0.39 is 0 Å². The molecule has 3 rings (SSSR count). The van der Waals surface area contributed by atoms with Crippen LogP contribution in [-0.4, -0.2) is 20.6 Å². The maximum absolute atomic E-state index is 5.96. The third-order valence-electron chi connectivity index (χ3n) is 3.70. The molecular weight excluding hydrogens is 260 g/mol. The molecule has 3 heterocycles. The number of rotatable bonds is 4. The van der Waals surface area contributed by atoms with Gasteiger partial charge >= 0.3 is 0 Å². The fourth-order valence-electron chi connectivity index (χ4n) is 2.67. The van der Waals surface area contributed by atoms with Gasteiger partial charge in [-0.15, -0.1) is 0 Å². The molecule has 0 aromatic carbocycles. The lowest BCUT2D eigenvalue weighted by Gasteiger charge is -2.06. The average Bonchev–Trinajstić information content (AvgIpc) is 2.79. The SMILES string of the molecule is Cc1cccnc1Cn1cc(CC(C)N)c2cccnc21. The predicted octanol–water partition coefficient (Wildman–Crippen LogP) is 2.68. The molecule has 0 bridgehead atoms. The molecule has 0 radical (unpaired) electrons. The molecule has 21 heavy (non-hydrogen) atoms. The van der Waals surface area contributed by atoms with Crippen LogP contribution in [0.3, 0.4) is 0 Å². The Hall–Kier alpha value is -2.20. The Kier molecular flexibility index (Phi) is 3.71. The van der Waals surface area contributed by atoms with Gasteiger partial charge in [-0.1, -0.05) is 6.07 Å². The van der Waals surface area contributed by atoms with Gasteiger partial charge < -0.3 is 10.3 Å². The fraction of sp³-hybridized carbons (Fsp3) is 0.294. The summed E-state index contributed by atoms with van der Waals surface area (Å²) >= 11 is 0. The molecule has 0 saturated carbocycles. The Labute approximate surface area is 124 Å². The van der Waals surface area contributed by atoms with E-state index in [0.29, 0.717) is 0 Å². The summed E-state index contributed by atoms with van der Waals surface area (Å²) in [7, 11) is 0. The highest BCUT2D eigenvalue weighted by Crippen LogP contribution is 2.21. The van der Waals surface area contributed by atoms with Crippen LogP contribution in [-0.2, 0) is 13.0 Å². The van der Waals surface area contributed by atoms with Gasteiger partial charge in [-0.2, -0.15) is 0 Å². The number of nitrogens with two attached hydrogens (primary N) is 1. The first-order chi connectivity index (χ1) is 10.1. The normalized spacial score (nSPS) is 12.7. The fourth-order valence-corrected chi connectivity index (χ4v) is 2.67. The van der Waals surface area contributed by atoms with E-state index in [0.717, 1.165) is 24.3 Å². The number of aryl methyl sites for hydroxylation is 1. The Morgan fingerprint density at radius 1 is 1.19 bits per heavy atom. The minimum absolute atomic E-state index is 0.140. The number of hydrogen-bond donors (Lipinski definition) is 1. The van der Waals surface area contributed by atoms with Crippen LogP contribution in [0.2, 0.25) is 0 Å². The van der Waals surface area contributed by atoms with Crippen LogP contribution in [0, 0.1) is 6.92 Å². The number of pyridine rings is 2. The van der Waals surface area contributed by atoms with Crippen LogP contribution in [0.5, 0.6) is 0 Å². The molecule has 1 atom stereocenters. The van der Waals surface area contributed by atoms with Crippen LogP contribution < -0.4 is 5.73 Å². The largest absolute Gasteiger partial charge is 0.328 e. The first kappa shape index (κ1) is 13.8. The highest BCUT2D eigenvalue weighted by molar-refractivity contribution is 5.80. The quantitative estimate of drug-likeness (QED) is 0.799. The molecule has 0 amide bonds. The maximum atomic E-state index is 5.96. The molecule has 1 unspecified atom stereocenters. The zero-order chi connectivity index (χ0) is 14.8. The highest BCUT2D eigenvalue weighted by atomic mass is 15.0. The van der Waals surface area contributed by atoms with Gasteiger partial charge in [0.1, 0.15) is 5.65 Å². The maximum Gasteiger partial charge on any atom is 0.140 e. The summed E-state index contributed by atoms with van der Waals surface area (Å²) in [6.45, 7) is 4.85. The van der Waals surface area contributed by atoms with E-state index >= 15 is 0 Å². The van der Waals surface area contributed by atoms with Crippen molar-refractivity contribution in [1.82, 2.24) is 14.5 Å². The van der Waals surface area contributed by atoms with E-state index in [2.05, 4.69) is 39.8 Å². The lowest BCUT2D eigenvalue weighted by molar-refractivity contribution is 0.731. The first-order valence-corrected chi connectivity index (χ1v) is 7.24. The van der Waals surface area contributed by atoms with Crippen molar-refractivity contribution in [3.63, 3.8) is 0 Å². The Morgan fingerprint density at radius 2 is 1.95 bits per heavy atom. The topological polar surface area (TPSA) is 56.7 Å². The molecular formula is C17H20N4. The van der Waals surface area contributed by atoms with Gasteiger partial charge in [0.15, 0.2) is 0 Å². The summed E-state index contributed by atoms with van der Waals surface area (Å²) in [6, 6.07) is 8.28. The second kappa shape index (κ2) is 5.66. The first-order valence-electron chi connectivity index (χ1n) is 7.24. The molecule has 0 saturated heterocycles. The molecule has 4 heteroatoms. The lowest BCUT2D eigenvalue weighted by atomic mass is 10.1. The second-order valence-electron chi connectivity index (χ2n) is 5.61. The number of fused-ring (bicyclic) bond motifs is 1. The van der Waals surface area contributed by atoms with Crippen LogP contribution in [0.4, 0.5) is 0 Å².